The zero-order chi connectivity index (χ0) is 11.0. The summed E-state index contributed by atoms with van der Waals surface area (Å²) >= 11 is 0.855. The molecule has 7 heteroatoms. The van der Waals surface area contributed by atoms with E-state index in [0.29, 0.717) is 24.9 Å². The monoisotopic (exact) mass is 266 g/mol. The molecule has 0 saturated carbocycles. The van der Waals surface area contributed by atoms with E-state index in [1.807, 2.05) is 0 Å². The van der Waals surface area contributed by atoms with Crippen LogP contribution in [0.25, 0.3) is 0 Å². The molecular weight excluding hydrogens is 252 g/mol. The molecule has 0 aliphatic carbocycles. The zero-order valence-corrected chi connectivity index (χ0v) is 10.3. The molecule has 4 unspecified atom stereocenters. The van der Waals surface area contributed by atoms with Crippen molar-refractivity contribution in [3.63, 3.8) is 0 Å². The molecule has 0 aromatic carbocycles. The SMILES string of the molecule is [O-][S+]1COC(C2OC(C3OCCO3)CS2)C1. The van der Waals surface area contributed by atoms with E-state index >= 15 is 0 Å². The Hall–Kier alpha value is 0.500. The van der Waals surface area contributed by atoms with Gasteiger partial charge in [0.05, 0.1) is 13.2 Å². The summed E-state index contributed by atoms with van der Waals surface area (Å²) in [5.41, 5.74) is -0.0238. The minimum atomic E-state index is -0.840. The minimum Gasteiger partial charge on any atom is -0.614 e. The maximum Gasteiger partial charge on any atom is 0.206 e. The normalized spacial score (nSPS) is 45.6. The molecule has 0 spiro atoms. The first-order chi connectivity index (χ1) is 7.83. The predicted molar refractivity (Wildman–Crippen MR) is 59.6 cm³/mol. The van der Waals surface area contributed by atoms with Crippen LogP contribution in [0, 0.1) is 0 Å². The third-order valence-electron chi connectivity index (χ3n) is 2.75. The molecule has 92 valence electrons. The van der Waals surface area contributed by atoms with Gasteiger partial charge in [-0.2, -0.15) is 0 Å². The van der Waals surface area contributed by atoms with Gasteiger partial charge in [0.2, 0.25) is 5.94 Å². The Labute approximate surface area is 101 Å². The Balaban J connectivity index is 1.52. The largest absolute Gasteiger partial charge is 0.614 e. The molecule has 0 aromatic rings. The fraction of sp³-hybridized carbons (Fsp3) is 1.00. The Morgan fingerprint density at radius 3 is 2.62 bits per heavy atom. The van der Waals surface area contributed by atoms with Gasteiger partial charge in [-0.1, -0.05) is 0 Å². The Kier molecular flexibility index (Phi) is 3.63. The molecule has 3 heterocycles. The molecule has 0 aromatic heterocycles. The van der Waals surface area contributed by atoms with Gasteiger partial charge < -0.3 is 23.5 Å². The number of hydrogen-bond donors (Lipinski definition) is 0. The van der Waals surface area contributed by atoms with E-state index in [-0.39, 0.29) is 23.9 Å². The Morgan fingerprint density at radius 2 is 1.94 bits per heavy atom. The van der Waals surface area contributed by atoms with Gasteiger partial charge in [-0.25, -0.2) is 0 Å². The molecular formula is C9H14O5S2. The lowest BCUT2D eigenvalue weighted by molar-refractivity contribution is -0.144. The number of rotatable bonds is 2. The van der Waals surface area contributed by atoms with E-state index in [0.717, 1.165) is 5.75 Å². The maximum absolute atomic E-state index is 11.2. The highest BCUT2D eigenvalue weighted by molar-refractivity contribution is 8.00. The van der Waals surface area contributed by atoms with Gasteiger partial charge in [0.15, 0.2) is 6.29 Å². The van der Waals surface area contributed by atoms with Gasteiger partial charge in [-0.15, -0.1) is 11.8 Å². The van der Waals surface area contributed by atoms with E-state index in [2.05, 4.69) is 0 Å². The van der Waals surface area contributed by atoms with E-state index < -0.39 is 11.2 Å². The van der Waals surface area contributed by atoms with Crippen LogP contribution < -0.4 is 0 Å². The van der Waals surface area contributed by atoms with Gasteiger partial charge in [0, 0.05) is 5.75 Å². The molecule has 3 rings (SSSR count). The van der Waals surface area contributed by atoms with Gasteiger partial charge in [-0.05, 0) is 11.2 Å². The summed E-state index contributed by atoms with van der Waals surface area (Å²) in [6.45, 7) is 1.29. The van der Waals surface area contributed by atoms with E-state index in [9.17, 15) is 4.55 Å². The van der Waals surface area contributed by atoms with Crippen LogP contribution in [-0.2, 0) is 30.1 Å². The van der Waals surface area contributed by atoms with E-state index in [4.69, 9.17) is 18.9 Å². The molecule has 3 fully saturated rings. The first kappa shape index (κ1) is 11.6. The lowest BCUT2D eigenvalue weighted by atomic mass is 10.4. The summed E-state index contributed by atoms with van der Waals surface area (Å²) in [7, 11) is 0. The van der Waals surface area contributed by atoms with Crippen molar-refractivity contribution in [3.8, 4) is 0 Å². The van der Waals surface area contributed by atoms with Crippen LogP contribution >= 0.6 is 11.8 Å². The highest BCUT2D eigenvalue weighted by atomic mass is 32.2. The fourth-order valence-electron chi connectivity index (χ4n) is 1.97. The molecule has 3 aliphatic heterocycles. The summed E-state index contributed by atoms with van der Waals surface area (Å²) in [5, 5.41) is 0. The topological polar surface area (TPSA) is 60.0 Å². The Bertz CT molecular complexity index is 248. The average Bonchev–Trinajstić information content (AvgIpc) is 2.97. The van der Waals surface area contributed by atoms with Crippen LogP contribution in [0.5, 0.6) is 0 Å². The molecule has 0 bridgehead atoms. The van der Waals surface area contributed by atoms with Crippen molar-refractivity contribution in [1.82, 2.24) is 0 Å². The van der Waals surface area contributed by atoms with Crippen LogP contribution in [0.2, 0.25) is 0 Å². The quantitative estimate of drug-likeness (QED) is 0.652. The summed E-state index contributed by atoms with van der Waals surface area (Å²) in [6.07, 6.45) is -0.295. The highest BCUT2D eigenvalue weighted by Gasteiger charge is 2.43. The van der Waals surface area contributed by atoms with Crippen molar-refractivity contribution in [3.05, 3.63) is 0 Å². The van der Waals surface area contributed by atoms with Crippen molar-refractivity contribution < 1.29 is 23.5 Å². The molecule has 3 aliphatic rings. The van der Waals surface area contributed by atoms with Gasteiger partial charge in [0.25, 0.3) is 0 Å². The standard InChI is InChI=1S/C9H14O5S2/c10-16-4-7(13-5-16)9-14-6(3-15-9)8-11-1-2-12-8/h6-9H,1-5H2. The summed E-state index contributed by atoms with van der Waals surface area (Å²) < 4.78 is 33.3. The zero-order valence-electron chi connectivity index (χ0n) is 8.70. The molecule has 0 radical (unpaired) electrons. The lowest BCUT2D eigenvalue weighted by Gasteiger charge is -2.18. The summed E-state index contributed by atoms with van der Waals surface area (Å²) in [5.74, 6) is 1.77. The van der Waals surface area contributed by atoms with Gasteiger partial charge in [0.1, 0.15) is 23.4 Å². The number of hydrogen-bond acceptors (Lipinski definition) is 6. The second-order valence-electron chi connectivity index (χ2n) is 3.92. The third kappa shape index (κ3) is 2.35. The van der Waals surface area contributed by atoms with Crippen LogP contribution in [-0.4, -0.2) is 59.1 Å². The van der Waals surface area contributed by atoms with Crippen molar-refractivity contribution in [2.45, 2.75) is 23.9 Å². The molecule has 4 atom stereocenters. The number of thioether (sulfide) groups is 1. The lowest BCUT2D eigenvalue weighted by Crippen LogP contribution is -2.33. The molecule has 3 saturated heterocycles. The molecule has 16 heavy (non-hydrogen) atoms. The van der Waals surface area contributed by atoms with E-state index in [1.165, 1.54) is 0 Å². The van der Waals surface area contributed by atoms with Gasteiger partial charge >= 0.3 is 0 Å². The summed E-state index contributed by atoms with van der Waals surface area (Å²) in [4.78, 5) is 0. The molecule has 0 N–H and O–H groups in total. The second kappa shape index (κ2) is 5.01. The predicted octanol–water partition coefficient (Wildman–Crippen LogP) is -0.0776. The van der Waals surface area contributed by atoms with Crippen LogP contribution in [0.1, 0.15) is 0 Å². The fourth-order valence-corrected chi connectivity index (χ4v) is 4.38. The number of ether oxygens (including phenoxy) is 4. The van der Waals surface area contributed by atoms with Gasteiger partial charge in [-0.3, -0.25) is 0 Å². The van der Waals surface area contributed by atoms with Crippen molar-refractivity contribution >= 4 is 22.9 Å². The maximum atomic E-state index is 11.2. The van der Waals surface area contributed by atoms with Crippen molar-refractivity contribution in [2.24, 2.45) is 0 Å². The molecule has 0 amide bonds. The first-order valence-corrected chi connectivity index (χ1v) is 7.83. The molecule has 5 nitrogen and oxygen atoms in total. The van der Waals surface area contributed by atoms with Crippen molar-refractivity contribution in [1.29, 1.82) is 0 Å². The van der Waals surface area contributed by atoms with E-state index in [1.54, 1.807) is 11.8 Å². The minimum absolute atomic E-state index is 0.0184. The first-order valence-electron chi connectivity index (χ1n) is 5.30. The van der Waals surface area contributed by atoms with Crippen molar-refractivity contribution in [2.75, 3.05) is 30.7 Å². The van der Waals surface area contributed by atoms with Crippen LogP contribution in [0.3, 0.4) is 0 Å². The third-order valence-corrected chi connectivity index (χ3v) is 5.12. The highest BCUT2D eigenvalue weighted by Crippen LogP contribution is 2.34. The average molecular weight is 266 g/mol. The van der Waals surface area contributed by atoms with Crippen LogP contribution in [0.15, 0.2) is 0 Å². The second-order valence-corrected chi connectivity index (χ2v) is 6.50. The summed E-state index contributed by atoms with van der Waals surface area (Å²) in [6, 6.07) is 0. The Morgan fingerprint density at radius 1 is 1.12 bits per heavy atom. The van der Waals surface area contributed by atoms with Crippen LogP contribution in [0.4, 0.5) is 0 Å². The smallest absolute Gasteiger partial charge is 0.206 e.